The van der Waals surface area contributed by atoms with Gasteiger partial charge >= 0.3 is 0 Å². The number of aromatic nitrogens is 2. The van der Waals surface area contributed by atoms with Gasteiger partial charge in [-0.25, -0.2) is 0 Å². The number of hydrogen-bond donors (Lipinski definition) is 1. The molecule has 2 aromatic rings. The molecule has 1 atom stereocenters. The lowest BCUT2D eigenvalue weighted by molar-refractivity contribution is -0.0962. The van der Waals surface area contributed by atoms with Crippen molar-refractivity contribution in [3.63, 3.8) is 0 Å². The number of likely N-dealkylation sites (N-methyl/N-ethyl adjacent to an activating group) is 1. The van der Waals surface area contributed by atoms with E-state index in [4.69, 9.17) is 9.47 Å². The fourth-order valence-corrected chi connectivity index (χ4v) is 2.62. The van der Waals surface area contributed by atoms with Gasteiger partial charge in [0.2, 0.25) is 0 Å². The molecule has 1 fully saturated rings. The Balaban J connectivity index is 1.60. The Morgan fingerprint density at radius 3 is 3.05 bits per heavy atom. The summed E-state index contributed by atoms with van der Waals surface area (Å²) < 4.78 is 11.1. The molecule has 0 spiro atoms. The van der Waals surface area contributed by atoms with Crippen molar-refractivity contribution in [3.05, 3.63) is 42.2 Å². The lowest BCUT2D eigenvalue weighted by Gasteiger charge is -2.27. The van der Waals surface area contributed by atoms with Gasteiger partial charge < -0.3 is 9.47 Å². The lowest BCUT2D eigenvalue weighted by Crippen LogP contribution is -2.38. The van der Waals surface area contributed by atoms with Gasteiger partial charge in [0.25, 0.3) is 0 Å². The molecule has 1 aromatic carbocycles. The summed E-state index contributed by atoms with van der Waals surface area (Å²) >= 11 is 0. The second kappa shape index (κ2) is 6.85. The molecule has 3 rings (SSSR count). The Morgan fingerprint density at radius 1 is 1.33 bits per heavy atom. The number of nitrogens with zero attached hydrogens (tertiary/aromatic N) is 2. The van der Waals surface area contributed by atoms with Crippen molar-refractivity contribution >= 4 is 0 Å². The van der Waals surface area contributed by atoms with Crippen LogP contribution in [0.1, 0.15) is 5.56 Å². The first kappa shape index (κ1) is 14.3. The van der Waals surface area contributed by atoms with Crippen LogP contribution in [0.2, 0.25) is 0 Å². The molecule has 0 unspecified atom stereocenters. The number of nitrogens with one attached hydrogen (secondary N) is 1. The Morgan fingerprint density at radius 2 is 2.29 bits per heavy atom. The fraction of sp³-hybridized carbons (Fsp3) is 0.438. The third-order valence-electron chi connectivity index (χ3n) is 3.61. The van der Waals surface area contributed by atoms with E-state index in [1.807, 2.05) is 12.4 Å². The van der Waals surface area contributed by atoms with Crippen molar-refractivity contribution in [2.45, 2.75) is 12.6 Å². The van der Waals surface area contributed by atoms with Gasteiger partial charge in [0, 0.05) is 24.8 Å². The van der Waals surface area contributed by atoms with Crippen LogP contribution in [0.5, 0.6) is 0 Å². The molecule has 2 heterocycles. The number of benzene rings is 1. The highest BCUT2D eigenvalue weighted by Crippen LogP contribution is 2.19. The molecule has 1 saturated heterocycles. The van der Waals surface area contributed by atoms with E-state index in [0.717, 1.165) is 18.7 Å². The largest absolute Gasteiger partial charge is 0.376 e. The van der Waals surface area contributed by atoms with Crippen molar-refractivity contribution in [1.29, 1.82) is 0 Å². The second-order valence-corrected chi connectivity index (χ2v) is 5.45. The number of ether oxygens (including phenoxy) is 2. The van der Waals surface area contributed by atoms with Gasteiger partial charge in [-0.1, -0.05) is 18.2 Å². The Bertz CT molecular complexity index is 550. The SMILES string of the molecule is CN(Cc1cccc(-c2cn[nH]c2)c1)C[C@H]1COCCO1. The second-order valence-electron chi connectivity index (χ2n) is 5.45. The minimum absolute atomic E-state index is 0.181. The van der Waals surface area contributed by atoms with Gasteiger partial charge in [-0.2, -0.15) is 5.10 Å². The number of H-pyrrole nitrogens is 1. The predicted molar refractivity (Wildman–Crippen MR) is 80.9 cm³/mol. The van der Waals surface area contributed by atoms with E-state index in [2.05, 4.69) is 46.4 Å². The zero-order chi connectivity index (χ0) is 14.5. The molecule has 5 nitrogen and oxygen atoms in total. The maximum absolute atomic E-state index is 5.69. The van der Waals surface area contributed by atoms with E-state index in [1.54, 1.807) is 0 Å². The van der Waals surface area contributed by atoms with Gasteiger partial charge in [-0.05, 0) is 24.2 Å². The maximum atomic E-state index is 5.69. The lowest BCUT2D eigenvalue weighted by atomic mass is 10.1. The summed E-state index contributed by atoms with van der Waals surface area (Å²) in [6, 6.07) is 8.55. The van der Waals surface area contributed by atoms with Crippen molar-refractivity contribution in [3.8, 4) is 11.1 Å². The number of rotatable bonds is 5. The average molecular weight is 287 g/mol. The summed E-state index contributed by atoms with van der Waals surface area (Å²) in [5.74, 6) is 0. The van der Waals surface area contributed by atoms with Crippen LogP contribution in [0.4, 0.5) is 0 Å². The Kier molecular flexibility index (Phi) is 4.65. The van der Waals surface area contributed by atoms with Crippen LogP contribution in [0.15, 0.2) is 36.7 Å². The topological polar surface area (TPSA) is 50.4 Å². The summed E-state index contributed by atoms with van der Waals surface area (Å²) in [6.45, 7) is 3.89. The third-order valence-corrected chi connectivity index (χ3v) is 3.61. The van der Waals surface area contributed by atoms with E-state index in [0.29, 0.717) is 19.8 Å². The van der Waals surface area contributed by atoms with Gasteiger partial charge in [-0.15, -0.1) is 0 Å². The first-order chi connectivity index (χ1) is 10.3. The van der Waals surface area contributed by atoms with Crippen molar-refractivity contribution in [2.75, 3.05) is 33.4 Å². The molecule has 0 aliphatic carbocycles. The van der Waals surface area contributed by atoms with Crippen LogP contribution in [-0.2, 0) is 16.0 Å². The van der Waals surface area contributed by atoms with E-state index in [9.17, 15) is 0 Å². The Labute approximate surface area is 124 Å². The van der Waals surface area contributed by atoms with E-state index >= 15 is 0 Å². The van der Waals surface area contributed by atoms with Gasteiger partial charge in [0.15, 0.2) is 0 Å². The number of aromatic amines is 1. The molecule has 1 aliphatic heterocycles. The molecular weight excluding hydrogens is 266 g/mol. The number of hydrogen-bond acceptors (Lipinski definition) is 4. The molecule has 0 bridgehead atoms. The Hall–Kier alpha value is -1.69. The van der Waals surface area contributed by atoms with E-state index < -0.39 is 0 Å². The molecule has 21 heavy (non-hydrogen) atoms. The summed E-state index contributed by atoms with van der Waals surface area (Å²) in [5.41, 5.74) is 3.59. The fourth-order valence-electron chi connectivity index (χ4n) is 2.62. The first-order valence-corrected chi connectivity index (χ1v) is 7.27. The van der Waals surface area contributed by atoms with Crippen LogP contribution < -0.4 is 0 Å². The van der Waals surface area contributed by atoms with Crippen molar-refractivity contribution in [1.82, 2.24) is 15.1 Å². The van der Waals surface area contributed by atoms with Gasteiger partial charge in [0.05, 0.1) is 32.1 Å². The highest BCUT2D eigenvalue weighted by Gasteiger charge is 2.16. The maximum Gasteiger partial charge on any atom is 0.0936 e. The molecule has 0 radical (unpaired) electrons. The first-order valence-electron chi connectivity index (χ1n) is 7.27. The normalized spacial score (nSPS) is 19.0. The smallest absolute Gasteiger partial charge is 0.0936 e. The summed E-state index contributed by atoms with van der Waals surface area (Å²) in [7, 11) is 2.11. The molecule has 0 amide bonds. The molecule has 0 saturated carbocycles. The van der Waals surface area contributed by atoms with Crippen molar-refractivity contribution < 1.29 is 9.47 Å². The van der Waals surface area contributed by atoms with Crippen LogP contribution in [0.3, 0.4) is 0 Å². The monoisotopic (exact) mass is 287 g/mol. The molecule has 5 heteroatoms. The van der Waals surface area contributed by atoms with Gasteiger partial charge in [-0.3, -0.25) is 10.00 Å². The molecule has 1 aromatic heterocycles. The average Bonchev–Trinajstić information content (AvgIpc) is 3.02. The molecule has 1 N–H and O–H groups in total. The highest BCUT2D eigenvalue weighted by atomic mass is 16.6. The molecular formula is C16H21N3O2. The standard InChI is InChI=1S/C16H21N3O2/c1-19(11-16-12-20-5-6-21-16)10-13-3-2-4-14(7-13)15-8-17-18-9-15/h2-4,7-9,16H,5-6,10-12H2,1H3,(H,17,18)/t16-/m0/s1. The van der Waals surface area contributed by atoms with Crippen LogP contribution in [-0.4, -0.2) is 54.6 Å². The zero-order valence-corrected chi connectivity index (χ0v) is 12.3. The quantitative estimate of drug-likeness (QED) is 0.913. The minimum Gasteiger partial charge on any atom is -0.376 e. The highest BCUT2D eigenvalue weighted by molar-refractivity contribution is 5.62. The molecule has 1 aliphatic rings. The summed E-state index contributed by atoms with van der Waals surface area (Å²) in [6.07, 6.45) is 3.94. The summed E-state index contributed by atoms with van der Waals surface area (Å²) in [4.78, 5) is 2.27. The minimum atomic E-state index is 0.181. The van der Waals surface area contributed by atoms with Crippen LogP contribution >= 0.6 is 0 Å². The van der Waals surface area contributed by atoms with Crippen molar-refractivity contribution in [2.24, 2.45) is 0 Å². The zero-order valence-electron chi connectivity index (χ0n) is 12.3. The summed E-state index contributed by atoms with van der Waals surface area (Å²) in [5, 5.41) is 6.85. The third kappa shape index (κ3) is 3.91. The van der Waals surface area contributed by atoms with Crippen LogP contribution in [0, 0.1) is 0 Å². The molecule has 112 valence electrons. The predicted octanol–water partition coefficient (Wildman–Crippen LogP) is 1.92. The van der Waals surface area contributed by atoms with E-state index in [1.165, 1.54) is 11.1 Å². The van der Waals surface area contributed by atoms with Crippen LogP contribution in [0.25, 0.3) is 11.1 Å². The van der Waals surface area contributed by atoms with Gasteiger partial charge in [0.1, 0.15) is 0 Å². The van der Waals surface area contributed by atoms with E-state index in [-0.39, 0.29) is 6.10 Å².